The molecule has 4 N–H and O–H groups in total. The molecular formula is C8H13N3O2S. The average Bonchev–Trinajstić information content (AvgIpc) is 2.12. The van der Waals surface area contributed by atoms with Crippen LogP contribution in [0.2, 0.25) is 0 Å². The normalized spacial score (nSPS) is 12.8. The van der Waals surface area contributed by atoms with Gasteiger partial charge in [0.1, 0.15) is 16.7 Å². The first-order valence-electron chi connectivity index (χ1n) is 4.14. The number of hydrogen-bond donors (Lipinski definition) is 3. The van der Waals surface area contributed by atoms with Crippen LogP contribution in [0.25, 0.3) is 0 Å². The minimum Gasteiger partial charge on any atom is -0.394 e. The summed E-state index contributed by atoms with van der Waals surface area (Å²) in [6, 6.07) is 1.64. The maximum Gasteiger partial charge on any atom is 0.128 e. The second-order valence-electron chi connectivity index (χ2n) is 2.83. The molecule has 0 fully saturated rings. The highest BCUT2D eigenvalue weighted by Crippen LogP contribution is 2.17. The van der Waals surface area contributed by atoms with Crippen molar-refractivity contribution in [2.75, 3.05) is 18.1 Å². The minimum absolute atomic E-state index is 0.244. The third-order valence-electron chi connectivity index (χ3n) is 1.47. The van der Waals surface area contributed by atoms with Crippen LogP contribution >= 0.6 is 11.8 Å². The van der Waals surface area contributed by atoms with E-state index in [0.717, 1.165) is 0 Å². The fourth-order valence-corrected chi connectivity index (χ4v) is 1.74. The second kappa shape index (κ2) is 5.14. The van der Waals surface area contributed by atoms with E-state index in [-0.39, 0.29) is 6.61 Å². The molecule has 0 saturated heterocycles. The van der Waals surface area contributed by atoms with Gasteiger partial charge in [0, 0.05) is 11.8 Å². The van der Waals surface area contributed by atoms with E-state index in [9.17, 15) is 0 Å². The molecule has 0 amide bonds. The van der Waals surface area contributed by atoms with Crippen molar-refractivity contribution in [3.63, 3.8) is 0 Å². The molecule has 0 bridgehead atoms. The van der Waals surface area contributed by atoms with Crippen LogP contribution in [-0.4, -0.2) is 38.6 Å². The number of aromatic nitrogens is 2. The molecular weight excluding hydrogens is 202 g/mol. The molecule has 0 aromatic carbocycles. The molecule has 1 atom stereocenters. The van der Waals surface area contributed by atoms with Gasteiger partial charge in [-0.3, -0.25) is 0 Å². The van der Waals surface area contributed by atoms with Gasteiger partial charge < -0.3 is 15.9 Å². The van der Waals surface area contributed by atoms with Crippen LogP contribution in [0.15, 0.2) is 11.1 Å². The maximum atomic E-state index is 9.11. The van der Waals surface area contributed by atoms with Crippen LogP contribution in [0.4, 0.5) is 5.82 Å². The molecule has 0 aliphatic heterocycles. The molecule has 6 heteroatoms. The lowest BCUT2D eigenvalue weighted by molar-refractivity contribution is 0.113. The Bertz CT molecular complexity index is 288. The summed E-state index contributed by atoms with van der Waals surface area (Å²) in [6.07, 6.45) is -0.725. The average molecular weight is 215 g/mol. The van der Waals surface area contributed by atoms with Crippen molar-refractivity contribution in [1.29, 1.82) is 0 Å². The lowest BCUT2D eigenvalue weighted by atomic mass is 10.4. The highest BCUT2D eigenvalue weighted by molar-refractivity contribution is 7.99. The third kappa shape index (κ3) is 3.49. The molecule has 1 aromatic heterocycles. The van der Waals surface area contributed by atoms with E-state index >= 15 is 0 Å². The molecule has 1 aromatic rings. The maximum absolute atomic E-state index is 9.11. The molecule has 0 radical (unpaired) electrons. The molecule has 78 valence electrons. The van der Waals surface area contributed by atoms with Gasteiger partial charge in [0.25, 0.3) is 0 Å². The van der Waals surface area contributed by atoms with E-state index < -0.39 is 6.10 Å². The van der Waals surface area contributed by atoms with E-state index in [0.29, 0.717) is 22.4 Å². The summed E-state index contributed by atoms with van der Waals surface area (Å²) >= 11 is 1.34. The first-order valence-corrected chi connectivity index (χ1v) is 5.13. The monoisotopic (exact) mass is 215 g/mol. The number of aliphatic hydroxyl groups is 2. The van der Waals surface area contributed by atoms with Crippen molar-refractivity contribution in [3.05, 3.63) is 11.9 Å². The predicted octanol–water partition coefficient (Wildman–Crippen LogP) is -0.187. The Hall–Kier alpha value is -0.850. The van der Waals surface area contributed by atoms with E-state index in [1.54, 1.807) is 13.0 Å². The minimum atomic E-state index is -0.725. The number of nitrogens with zero attached hydrogens (tertiary/aromatic N) is 2. The number of hydrogen-bond acceptors (Lipinski definition) is 6. The second-order valence-corrected chi connectivity index (χ2v) is 3.87. The summed E-state index contributed by atoms with van der Waals surface area (Å²) < 4.78 is 0. The topological polar surface area (TPSA) is 92.3 Å². The van der Waals surface area contributed by atoms with E-state index in [1.807, 2.05) is 0 Å². The van der Waals surface area contributed by atoms with E-state index in [2.05, 4.69) is 9.97 Å². The highest BCUT2D eigenvalue weighted by atomic mass is 32.2. The zero-order valence-electron chi connectivity index (χ0n) is 7.84. The summed E-state index contributed by atoms with van der Waals surface area (Å²) in [4.78, 5) is 8.04. The summed E-state index contributed by atoms with van der Waals surface area (Å²) in [5, 5.41) is 18.4. The predicted molar refractivity (Wildman–Crippen MR) is 55.0 cm³/mol. The molecule has 14 heavy (non-hydrogen) atoms. The van der Waals surface area contributed by atoms with Crippen LogP contribution < -0.4 is 5.73 Å². The van der Waals surface area contributed by atoms with Crippen molar-refractivity contribution < 1.29 is 10.2 Å². The van der Waals surface area contributed by atoms with Gasteiger partial charge >= 0.3 is 0 Å². The third-order valence-corrected chi connectivity index (χ3v) is 2.52. The van der Waals surface area contributed by atoms with Crippen LogP contribution in [0.3, 0.4) is 0 Å². The Labute approximate surface area is 86.4 Å². The van der Waals surface area contributed by atoms with E-state index in [4.69, 9.17) is 15.9 Å². The molecule has 1 rings (SSSR count). The summed E-state index contributed by atoms with van der Waals surface area (Å²) in [7, 11) is 0. The number of aliphatic hydroxyl groups excluding tert-OH is 2. The van der Waals surface area contributed by atoms with Gasteiger partial charge in [0.15, 0.2) is 0 Å². The Morgan fingerprint density at radius 3 is 2.86 bits per heavy atom. The van der Waals surface area contributed by atoms with Crippen molar-refractivity contribution >= 4 is 17.6 Å². The molecule has 5 nitrogen and oxygen atoms in total. The zero-order valence-corrected chi connectivity index (χ0v) is 8.66. The largest absolute Gasteiger partial charge is 0.394 e. The Morgan fingerprint density at radius 1 is 1.57 bits per heavy atom. The van der Waals surface area contributed by atoms with Crippen LogP contribution in [0.1, 0.15) is 5.82 Å². The van der Waals surface area contributed by atoms with Gasteiger partial charge in [-0.05, 0) is 6.92 Å². The van der Waals surface area contributed by atoms with Gasteiger partial charge in [0.05, 0.1) is 12.7 Å². The molecule has 1 unspecified atom stereocenters. The Morgan fingerprint density at radius 2 is 2.29 bits per heavy atom. The quantitative estimate of drug-likeness (QED) is 0.476. The highest BCUT2D eigenvalue weighted by Gasteiger charge is 2.05. The van der Waals surface area contributed by atoms with Crippen molar-refractivity contribution in [1.82, 2.24) is 9.97 Å². The molecule has 0 aliphatic rings. The molecule has 0 saturated carbocycles. The fourth-order valence-electron chi connectivity index (χ4n) is 0.871. The summed E-state index contributed by atoms with van der Waals surface area (Å²) in [6.45, 7) is 1.51. The molecule has 0 aliphatic carbocycles. The smallest absolute Gasteiger partial charge is 0.128 e. The van der Waals surface area contributed by atoms with Crippen molar-refractivity contribution in [3.8, 4) is 0 Å². The standard InChI is InChI=1S/C8H13N3O2S/c1-5-10-7(9)2-8(11-5)14-4-6(13)3-12/h2,6,12-13H,3-4H2,1H3,(H2,9,10,11). The van der Waals surface area contributed by atoms with Gasteiger partial charge in [-0.1, -0.05) is 0 Å². The number of anilines is 1. The number of aryl methyl sites for hydroxylation is 1. The van der Waals surface area contributed by atoms with Gasteiger partial charge in [-0.15, -0.1) is 11.8 Å². The Balaban J connectivity index is 2.58. The van der Waals surface area contributed by atoms with E-state index in [1.165, 1.54) is 11.8 Å². The van der Waals surface area contributed by atoms with Gasteiger partial charge in [0.2, 0.25) is 0 Å². The summed E-state index contributed by atoms with van der Waals surface area (Å²) in [5.74, 6) is 1.41. The number of nitrogen functional groups attached to an aromatic ring is 1. The Kier molecular flexibility index (Phi) is 4.12. The van der Waals surface area contributed by atoms with Gasteiger partial charge in [-0.25, -0.2) is 9.97 Å². The molecule has 0 spiro atoms. The van der Waals surface area contributed by atoms with Crippen LogP contribution in [-0.2, 0) is 0 Å². The van der Waals surface area contributed by atoms with Gasteiger partial charge in [-0.2, -0.15) is 0 Å². The van der Waals surface area contributed by atoms with Crippen LogP contribution in [0, 0.1) is 6.92 Å². The first kappa shape index (κ1) is 11.2. The first-order chi connectivity index (χ1) is 6.61. The number of nitrogens with two attached hydrogens (primary N) is 1. The number of thioether (sulfide) groups is 1. The zero-order chi connectivity index (χ0) is 10.6. The molecule has 1 heterocycles. The number of rotatable bonds is 4. The van der Waals surface area contributed by atoms with Crippen LogP contribution in [0.5, 0.6) is 0 Å². The lowest BCUT2D eigenvalue weighted by Crippen LogP contribution is -2.14. The van der Waals surface area contributed by atoms with Crippen molar-refractivity contribution in [2.45, 2.75) is 18.1 Å². The SMILES string of the molecule is Cc1nc(N)cc(SCC(O)CO)n1. The summed E-state index contributed by atoms with van der Waals surface area (Å²) in [5.41, 5.74) is 5.52. The van der Waals surface area contributed by atoms with Crippen molar-refractivity contribution in [2.24, 2.45) is 0 Å². The fraction of sp³-hybridized carbons (Fsp3) is 0.500. The lowest BCUT2D eigenvalue weighted by Gasteiger charge is -2.06.